The van der Waals surface area contributed by atoms with Crippen molar-refractivity contribution in [2.75, 3.05) is 18.5 Å². The number of rotatable bonds is 3. The summed E-state index contributed by atoms with van der Waals surface area (Å²) in [5.74, 6) is 0. The van der Waals surface area contributed by atoms with Crippen molar-refractivity contribution in [1.29, 1.82) is 0 Å². The highest BCUT2D eigenvalue weighted by molar-refractivity contribution is 5.90. The zero-order valence-corrected chi connectivity index (χ0v) is 9.59. The second-order valence-corrected chi connectivity index (χ2v) is 4.10. The number of aromatic nitrogens is 2. The molecule has 0 fully saturated rings. The van der Waals surface area contributed by atoms with E-state index >= 15 is 0 Å². The summed E-state index contributed by atoms with van der Waals surface area (Å²) in [5.41, 5.74) is 7.78. The highest BCUT2D eigenvalue weighted by atomic mass is 15.2. The van der Waals surface area contributed by atoms with Crippen LogP contribution in [0.2, 0.25) is 0 Å². The molecule has 0 saturated heterocycles. The maximum absolute atomic E-state index is 5.80. The first-order valence-electron chi connectivity index (χ1n) is 5.35. The molecule has 2 rings (SSSR count). The Morgan fingerprint density at radius 2 is 2.12 bits per heavy atom. The van der Waals surface area contributed by atoms with Gasteiger partial charge in [-0.3, -0.25) is 0 Å². The van der Waals surface area contributed by atoms with Crippen LogP contribution in [0.25, 0.3) is 10.9 Å². The van der Waals surface area contributed by atoms with E-state index in [1.807, 2.05) is 32.2 Å². The molecule has 0 aliphatic carbocycles. The highest BCUT2D eigenvalue weighted by Gasteiger charge is 2.08. The molecule has 2 N–H and O–H groups in total. The maximum atomic E-state index is 5.80. The van der Waals surface area contributed by atoms with Crippen LogP contribution >= 0.6 is 0 Å². The lowest BCUT2D eigenvalue weighted by Crippen LogP contribution is -2.32. The molecular formula is C12H16N4. The van der Waals surface area contributed by atoms with Gasteiger partial charge in [-0.1, -0.05) is 18.2 Å². The molecule has 0 saturated carbocycles. The number of nitrogens with zero attached hydrogens (tertiary/aromatic N) is 3. The van der Waals surface area contributed by atoms with Gasteiger partial charge in [0.25, 0.3) is 0 Å². The molecule has 1 heterocycles. The molecule has 0 radical (unpaired) electrons. The minimum absolute atomic E-state index is 0.136. The fraction of sp³-hybridized carbons (Fsp3) is 0.333. The van der Waals surface area contributed by atoms with Crippen molar-refractivity contribution in [3.05, 3.63) is 30.5 Å². The van der Waals surface area contributed by atoms with Crippen molar-refractivity contribution < 1.29 is 0 Å². The van der Waals surface area contributed by atoms with Crippen LogP contribution in [0.4, 0.5) is 5.69 Å². The second-order valence-electron chi connectivity index (χ2n) is 4.10. The van der Waals surface area contributed by atoms with Gasteiger partial charge in [-0.05, 0) is 13.0 Å². The number of anilines is 1. The van der Waals surface area contributed by atoms with E-state index in [4.69, 9.17) is 5.73 Å². The fourth-order valence-corrected chi connectivity index (χ4v) is 1.83. The SMILES string of the molecule is C[C@H](N)CN(C)c1cnnc2ccccc12. The number of hydrogen-bond donors (Lipinski definition) is 1. The van der Waals surface area contributed by atoms with Gasteiger partial charge in [-0.15, -0.1) is 0 Å². The smallest absolute Gasteiger partial charge is 0.0950 e. The number of likely N-dealkylation sites (N-methyl/N-ethyl adjacent to an activating group) is 1. The molecule has 1 aromatic carbocycles. The van der Waals surface area contributed by atoms with Crippen molar-refractivity contribution in [2.24, 2.45) is 5.73 Å². The van der Waals surface area contributed by atoms with Crippen LogP contribution in [0.3, 0.4) is 0 Å². The third kappa shape index (κ3) is 2.12. The van der Waals surface area contributed by atoms with Crippen molar-refractivity contribution in [3.8, 4) is 0 Å². The summed E-state index contributed by atoms with van der Waals surface area (Å²) in [7, 11) is 2.02. The lowest BCUT2D eigenvalue weighted by Gasteiger charge is -2.22. The quantitative estimate of drug-likeness (QED) is 0.843. The van der Waals surface area contributed by atoms with Gasteiger partial charge < -0.3 is 10.6 Å². The van der Waals surface area contributed by atoms with Crippen LogP contribution in [0, 0.1) is 0 Å². The van der Waals surface area contributed by atoms with Gasteiger partial charge in [-0.25, -0.2) is 0 Å². The van der Waals surface area contributed by atoms with E-state index in [2.05, 4.69) is 21.2 Å². The number of benzene rings is 1. The Morgan fingerprint density at radius 3 is 2.88 bits per heavy atom. The Bertz CT molecular complexity index is 476. The van der Waals surface area contributed by atoms with Gasteiger partial charge in [0.15, 0.2) is 0 Å². The van der Waals surface area contributed by atoms with Crippen molar-refractivity contribution >= 4 is 16.6 Å². The monoisotopic (exact) mass is 216 g/mol. The molecule has 16 heavy (non-hydrogen) atoms. The molecule has 0 aliphatic rings. The summed E-state index contributed by atoms with van der Waals surface area (Å²) < 4.78 is 0. The first-order chi connectivity index (χ1) is 7.68. The van der Waals surface area contributed by atoms with E-state index in [-0.39, 0.29) is 6.04 Å². The zero-order chi connectivity index (χ0) is 11.5. The average molecular weight is 216 g/mol. The first-order valence-corrected chi connectivity index (χ1v) is 5.35. The lowest BCUT2D eigenvalue weighted by molar-refractivity contribution is 0.717. The van der Waals surface area contributed by atoms with Gasteiger partial charge in [0, 0.05) is 25.0 Å². The van der Waals surface area contributed by atoms with E-state index in [9.17, 15) is 0 Å². The molecule has 1 aromatic heterocycles. The molecule has 0 unspecified atom stereocenters. The predicted octanol–water partition coefficient (Wildman–Crippen LogP) is 1.41. The molecule has 0 bridgehead atoms. The van der Waals surface area contributed by atoms with Gasteiger partial charge in [0.2, 0.25) is 0 Å². The number of nitrogens with two attached hydrogens (primary N) is 1. The summed E-state index contributed by atoms with van der Waals surface area (Å²) >= 11 is 0. The fourth-order valence-electron chi connectivity index (χ4n) is 1.83. The average Bonchev–Trinajstić information content (AvgIpc) is 2.27. The molecule has 84 valence electrons. The molecular weight excluding hydrogens is 200 g/mol. The summed E-state index contributed by atoms with van der Waals surface area (Å²) in [4.78, 5) is 2.11. The van der Waals surface area contributed by atoms with E-state index in [0.717, 1.165) is 23.1 Å². The van der Waals surface area contributed by atoms with Crippen molar-refractivity contribution in [1.82, 2.24) is 10.2 Å². The molecule has 0 amide bonds. The molecule has 4 heteroatoms. The topological polar surface area (TPSA) is 55.0 Å². The maximum Gasteiger partial charge on any atom is 0.0950 e. The van der Waals surface area contributed by atoms with Gasteiger partial charge in [-0.2, -0.15) is 10.2 Å². The van der Waals surface area contributed by atoms with Gasteiger partial charge >= 0.3 is 0 Å². The van der Waals surface area contributed by atoms with E-state index in [0.29, 0.717) is 0 Å². The Hall–Kier alpha value is -1.68. The van der Waals surface area contributed by atoms with E-state index in [1.165, 1.54) is 0 Å². The number of fused-ring (bicyclic) bond motifs is 1. The van der Waals surface area contributed by atoms with Crippen LogP contribution in [0.15, 0.2) is 30.5 Å². The largest absolute Gasteiger partial charge is 0.371 e. The Morgan fingerprint density at radius 1 is 1.38 bits per heavy atom. The van der Waals surface area contributed by atoms with Crippen LogP contribution in [-0.2, 0) is 0 Å². The Labute approximate surface area is 95.1 Å². The molecule has 1 atom stereocenters. The van der Waals surface area contributed by atoms with Crippen molar-refractivity contribution in [3.63, 3.8) is 0 Å². The van der Waals surface area contributed by atoms with Gasteiger partial charge in [0.1, 0.15) is 0 Å². The molecule has 4 nitrogen and oxygen atoms in total. The summed E-state index contributed by atoms with van der Waals surface area (Å²) in [6, 6.07) is 8.12. The third-order valence-corrected chi connectivity index (χ3v) is 2.50. The van der Waals surface area contributed by atoms with Crippen LogP contribution in [0.1, 0.15) is 6.92 Å². The first kappa shape index (κ1) is 10.8. The van der Waals surface area contributed by atoms with E-state index < -0.39 is 0 Å². The third-order valence-electron chi connectivity index (χ3n) is 2.50. The summed E-state index contributed by atoms with van der Waals surface area (Å²) in [5, 5.41) is 9.22. The Kier molecular flexibility index (Phi) is 3.01. The number of hydrogen-bond acceptors (Lipinski definition) is 4. The molecule has 2 aromatic rings. The van der Waals surface area contributed by atoms with Crippen LogP contribution < -0.4 is 10.6 Å². The minimum Gasteiger partial charge on any atom is -0.371 e. The molecule has 0 aliphatic heterocycles. The van der Waals surface area contributed by atoms with Crippen LogP contribution in [-0.4, -0.2) is 29.8 Å². The van der Waals surface area contributed by atoms with Gasteiger partial charge in [0.05, 0.1) is 17.4 Å². The zero-order valence-electron chi connectivity index (χ0n) is 9.59. The van der Waals surface area contributed by atoms with Crippen molar-refractivity contribution in [2.45, 2.75) is 13.0 Å². The molecule has 0 spiro atoms. The highest BCUT2D eigenvalue weighted by Crippen LogP contribution is 2.22. The Balaban J connectivity index is 2.44. The standard InChI is InChI=1S/C12H16N4/c1-9(13)8-16(2)12-7-14-15-11-6-4-3-5-10(11)12/h3-7,9H,8,13H2,1-2H3/t9-/m0/s1. The lowest BCUT2D eigenvalue weighted by atomic mass is 10.2. The summed E-state index contributed by atoms with van der Waals surface area (Å²) in [6.07, 6.45) is 1.78. The van der Waals surface area contributed by atoms with Crippen LogP contribution in [0.5, 0.6) is 0 Å². The summed E-state index contributed by atoms with van der Waals surface area (Å²) in [6.45, 7) is 2.79. The van der Waals surface area contributed by atoms with E-state index in [1.54, 1.807) is 6.20 Å². The normalized spacial score (nSPS) is 12.7. The second kappa shape index (κ2) is 4.45. The predicted molar refractivity (Wildman–Crippen MR) is 66.5 cm³/mol. The minimum atomic E-state index is 0.136.